The Hall–Kier alpha value is -1.55. The first-order chi connectivity index (χ1) is 6.22. The lowest BCUT2D eigenvalue weighted by Gasteiger charge is -2.07. The number of benzene rings is 1. The van der Waals surface area contributed by atoms with Gasteiger partial charge in [-0.2, -0.15) is 0 Å². The molecule has 1 rings (SSSR count). The highest BCUT2D eigenvalue weighted by Gasteiger charge is 2.08. The van der Waals surface area contributed by atoms with E-state index >= 15 is 0 Å². The highest BCUT2D eigenvalue weighted by molar-refractivity contribution is 5.77. The van der Waals surface area contributed by atoms with Gasteiger partial charge in [-0.05, 0) is 12.1 Å². The molecule has 0 atom stereocenters. The highest BCUT2D eigenvalue weighted by Crippen LogP contribution is 2.30. The van der Waals surface area contributed by atoms with Crippen LogP contribution in [0.5, 0.6) is 11.5 Å². The predicted molar refractivity (Wildman–Crippen MR) is 47.9 cm³/mol. The number of phenols is 1. The SMILES string of the molecule is COc1cc(C=O)cc(CN)c1O. The van der Waals surface area contributed by atoms with E-state index in [-0.39, 0.29) is 18.0 Å². The number of carbonyl (C=O) groups is 1. The zero-order valence-electron chi connectivity index (χ0n) is 7.28. The average molecular weight is 181 g/mol. The van der Waals surface area contributed by atoms with Gasteiger partial charge in [-0.3, -0.25) is 4.79 Å². The van der Waals surface area contributed by atoms with Crippen LogP contribution in [-0.4, -0.2) is 18.5 Å². The molecule has 0 aromatic heterocycles. The number of phenolic OH excluding ortho intramolecular Hbond substituents is 1. The molecule has 4 nitrogen and oxygen atoms in total. The van der Waals surface area contributed by atoms with Crippen molar-refractivity contribution in [2.24, 2.45) is 5.73 Å². The molecule has 3 N–H and O–H groups in total. The molecule has 0 aliphatic rings. The summed E-state index contributed by atoms with van der Waals surface area (Å²) in [5.41, 5.74) is 6.31. The lowest BCUT2D eigenvalue weighted by Crippen LogP contribution is -1.99. The Balaban J connectivity index is 3.28. The van der Waals surface area contributed by atoms with Crippen LogP contribution in [0.25, 0.3) is 0 Å². The number of aromatic hydroxyl groups is 1. The third-order valence-corrected chi connectivity index (χ3v) is 1.75. The molecule has 1 aromatic rings. The van der Waals surface area contributed by atoms with Gasteiger partial charge >= 0.3 is 0 Å². The van der Waals surface area contributed by atoms with Crippen molar-refractivity contribution in [1.29, 1.82) is 0 Å². The smallest absolute Gasteiger partial charge is 0.162 e. The Morgan fingerprint density at radius 3 is 2.77 bits per heavy atom. The van der Waals surface area contributed by atoms with Crippen LogP contribution in [0.15, 0.2) is 12.1 Å². The minimum absolute atomic E-state index is 0.00407. The van der Waals surface area contributed by atoms with Crippen LogP contribution in [0.1, 0.15) is 15.9 Å². The van der Waals surface area contributed by atoms with Crippen molar-refractivity contribution in [3.05, 3.63) is 23.3 Å². The van der Waals surface area contributed by atoms with Gasteiger partial charge in [0.1, 0.15) is 6.29 Å². The first-order valence-corrected chi connectivity index (χ1v) is 3.78. The van der Waals surface area contributed by atoms with E-state index in [1.807, 2.05) is 0 Å². The molecule has 0 saturated heterocycles. The molecule has 1 aromatic carbocycles. The molecule has 0 fully saturated rings. The van der Waals surface area contributed by atoms with Crippen LogP contribution in [0.2, 0.25) is 0 Å². The maximum atomic E-state index is 10.5. The third kappa shape index (κ3) is 1.78. The molecule has 13 heavy (non-hydrogen) atoms. The molecule has 0 saturated carbocycles. The number of rotatable bonds is 3. The summed E-state index contributed by atoms with van der Waals surface area (Å²) in [7, 11) is 1.42. The van der Waals surface area contributed by atoms with Crippen molar-refractivity contribution in [3.8, 4) is 11.5 Å². The molecule has 0 radical (unpaired) electrons. The second-order valence-electron chi connectivity index (χ2n) is 2.55. The summed E-state index contributed by atoms with van der Waals surface area (Å²) in [4.78, 5) is 10.5. The topological polar surface area (TPSA) is 72.5 Å². The van der Waals surface area contributed by atoms with Crippen molar-refractivity contribution in [2.45, 2.75) is 6.54 Å². The van der Waals surface area contributed by atoms with E-state index in [0.717, 1.165) is 0 Å². The van der Waals surface area contributed by atoms with Gasteiger partial charge in [0.15, 0.2) is 11.5 Å². The van der Waals surface area contributed by atoms with E-state index in [0.29, 0.717) is 17.4 Å². The Bertz CT molecular complexity index is 298. The molecule has 0 bridgehead atoms. The Kier molecular flexibility index (Phi) is 2.87. The quantitative estimate of drug-likeness (QED) is 0.672. The first kappa shape index (κ1) is 9.54. The van der Waals surface area contributed by atoms with Crippen molar-refractivity contribution < 1.29 is 14.6 Å². The summed E-state index contributed by atoms with van der Waals surface area (Å²) >= 11 is 0. The van der Waals surface area contributed by atoms with Crippen LogP contribution in [0.3, 0.4) is 0 Å². The van der Waals surface area contributed by atoms with E-state index in [2.05, 4.69) is 0 Å². The number of hydrogen-bond acceptors (Lipinski definition) is 4. The summed E-state index contributed by atoms with van der Waals surface area (Å²) in [6.45, 7) is 0.171. The first-order valence-electron chi connectivity index (χ1n) is 3.78. The minimum atomic E-state index is -0.00407. The number of carbonyl (C=O) groups excluding carboxylic acids is 1. The standard InChI is InChI=1S/C9H11NO3/c1-13-8-3-6(5-11)2-7(4-10)9(8)12/h2-3,5,12H,4,10H2,1H3. The van der Waals surface area contributed by atoms with Crippen LogP contribution in [-0.2, 0) is 6.54 Å². The van der Waals surface area contributed by atoms with Crippen LogP contribution in [0.4, 0.5) is 0 Å². The molecular weight excluding hydrogens is 170 g/mol. The Morgan fingerprint density at radius 2 is 2.31 bits per heavy atom. The summed E-state index contributed by atoms with van der Waals surface area (Å²) in [6.07, 6.45) is 0.682. The van der Waals surface area contributed by atoms with Crippen molar-refractivity contribution in [2.75, 3.05) is 7.11 Å². The molecule has 0 amide bonds. The summed E-state index contributed by atoms with van der Waals surface area (Å²) in [6, 6.07) is 2.99. The van der Waals surface area contributed by atoms with E-state index < -0.39 is 0 Å². The molecule has 70 valence electrons. The van der Waals surface area contributed by atoms with Crippen LogP contribution in [0, 0.1) is 0 Å². The monoisotopic (exact) mass is 181 g/mol. The van der Waals surface area contributed by atoms with Gasteiger partial charge in [0, 0.05) is 17.7 Å². The highest BCUT2D eigenvalue weighted by atomic mass is 16.5. The van der Waals surface area contributed by atoms with Gasteiger partial charge in [0.25, 0.3) is 0 Å². The zero-order chi connectivity index (χ0) is 9.84. The largest absolute Gasteiger partial charge is 0.504 e. The zero-order valence-corrected chi connectivity index (χ0v) is 7.28. The number of aldehydes is 1. The fraction of sp³-hybridized carbons (Fsp3) is 0.222. The van der Waals surface area contributed by atoms with Gasteiger partial charge in [0.2, 0.25) is 0 Å². The van der Waals surface area contributed by atoms with Gasteiger partial charge in [-0.1, -0.05) is 0 Å². The second kappa shape index (κ2) is 3.91. The summed E-state index contributed by atoms with van der Waals surface area (Å²) < 4.78 is 4.87. The number of methoxy groups -OCH3 is 1. The second-order valence-corrected chi connectivity index (χ2v) is 2.55. The fourth-order valence-corrected chi connectivity index (χ4v) is 1.07. The van der Waals surface area contributed by atoms with Crippen molar-refractivity contribution in [3.63, 3.8) is 0 Å². The minimum Gasteiger partial charge on any atom is -0.504 e. The van der Waals surface area contributed by atoms with Crippen LogP contribution < -0.4 is 10.5 Å². The Labute approximate surface area is 75.9 Å². The van der Waals surface area contributed by atoms with Gasteiger partial charge in [-0.25, -0.2) is 0 Å². The fourth-order valence-electron chi connectivity index (χ4n) is 1.07. The number of hydrogen-bond donors (Lipinski definition) is 2. The van der Waals surface area contributed by atoms with Crippen molar-refractivity contribution >= 4 is 6.29 Å². The summed E-state index contributed by atoms with van der Waals surface area (Å²) in [5, 5.41) is 9.49. The normalized spacial score (nSPS) is 9.69. The van der Waals surface area contributed by atoms with E-state index in [4.69, 9.17) is 10.5 Å². The van der Waals surface area contributed by atoms with Gasteiger partial charge in [0.05, 0.1) is 7.11 Å². The molecule has 0 heterocycles. The van der Waals surface area contributed by atoms with Crippen molar-refractivity contribution in [1.82, 2.24) is 0 Å². The average Bonchev–Trinajstić information content (AvgIpc) is 2.18. The molecule has 0 aliphatic carbocycles. The lowest BCUT2D eigenvalue weighted by atomic mass is 10.1. The van der Waals surface area contributed by atoms with E-state index in [1.54, 1.807) is 0 Å². The molecule has 0 aliphatic heterocycles. The maximum Gasteiger partial charge on any atom is 0.162 e. The van der Waals surface area contributed by atoms with E-state index in [1.165, 1.54) is 19.2 Å². The summed E-state index contributed by atoms with van der Waals surface area (Å²) in [5.74, 6) is 0.264. The predicted octanol–water partition coefficient (Wildman–Crippen LogP) is 0.672. The molecule has 4 heteroatoms. The Morgan fingerprint density at radius 1 is 1.62 bits per heavy atom. The maximum absolute atomic E-state index is 10.5. The van der Waals surface area contributed by atoms with Gasteiger partial charge < -0.3 is 15.6 Å². The van der Waals surface area contributed by atoms with Gasteiger partial charge in [-0.15, -0.1) is 0 Å². The molecule has 0 spiro atoms. The van der Waals surface area contributed by atoms with E-state index in [9.17, 15) is 9.90 Å². The van der Waals surface area contributed by atoms with Crippen LogP contribution >= 0.6 is 0 Å². The lowest BCUT2D eigenvalue weighted by molar-refractivity contribution is 0.112. The number of nitrogens with two attached hydrogens (primary N) is 1. The third-order valence-electron chi connectivity index (χ3n) is 1.75. The molecular formula is C9H11NO3. The molecule has 0 unspecified atom stereocenters. The number of ether oxygens (including phenoxy) is 1.